The number of nitrogens with zero attached hydrogens (tertiary/aromatic N) is 8. The Hall–Kier alpha value is -7.10. The summed E-state index contributed by atoms with van der Waals surface area (Å²) in [6.07, 6.45) is 6.70. The minimum Gasteiger partial charge on any atom is -0.337 e. The third kappa shape index (κ3) is 8.65. The van der Waals surface area contributed by atoms with Crippen molar-refractivity contribution in [1.29, 1.82) is 0 Å². The molecular weight excluding hydrogens is 713 g/mol. The molecule has 16 heteroatoms. The van der Waals surface area contributed by atoms with Crippen molar-refractivity contribution in [3.8, 4) is 0 Å². The Bertz CT molecular complexity index is 2160. The van der Waals surface area contributed by atoms with Gasteiger partial charge >= 0.3 is 0 Å². The molecule has 4 N–H and O–H groups in total. The Balaban J connectivity index is 0.000000172. The molecular formula is C40H40N12O4. The van der Waals surface area contributed by atoms with Crippen molar-refractivity contribution in [3.63, 3.8) is 0 Å². The van der Waals surface area contributed by atoms with Gasteiger partial charge in [0.2, 0.25) is 23.5 Å². The fourth-order valence-corrected chi connectivity index (χ4v) is 6.62. The van der Waals surface area contributed by atoms with Gasteiger partial charge in [0.05, 0.1) is 0 Å². The van der Waals surface area contributed by atoms with Gasteiger partial charge in [-0.25, -0.2) is 19.9 Å². The smallest absolute Gasteiger partial charge is 0.291 e. The number of anilines is 2. The summed E-state index contributed by atoms with van der Waals surface area (Å²) < 4.78 is 0. The molecule has 8 rings (SSSR count). The van der Waals surface area contributed by atoms with E-state index in [0.29, 0.717) is 61.8 Å². The number of fused-ring (bicyclic) bond motifs is 2. The molecule has 2 aliphatic heterocycles. The van der Waals surface area contributed by atoms with Crippen LogP contribution in [0.15, 0.2) is 97.3 Å². The number of H-pyrrole nitrogens is 2. The summed E-state index contributed by atoms with van der Waals surface area (Å²) in [4.78, 5) is 70.7. The van der Waals surface area contributed by atoms with Crippen molar-refractivity contribution in [1.82, 2.24) is 51.0 Å². The number of aromatic nitrogens is 8. The van der Waals surface area contributed by atoms with Crippen molar-refractivity contribution in [3.05, 3.63) is 143 Å². The molecule has 0 spiro atoms. The molecule has 0 saturated carbocycles. The van der Waals surface area contributed by atoms with Crippen LogP contribution in [0.25, 0.3) is 0 Å². The highest BCUT2D eigenvalue weighted by Crippen LogP contribution is 2.24. The van der Waals surface area contributed by atoms with Crippen LogP contribution in [0.4, 0.5) is 11.6 Å². The van der Waals surface area contributed by atoms with E-state index in [9.17, 15) is 19.2 Å². The quantitative estimate of drug-likeness (QED) is 0.179. The predicted octanol–water partition coefficient (Wildman–Crippen LogP) is 3.00. The summed E-state index contributed by atoms with van der Waals surface area (Å²) in [5, 5.41) is 19.1. The van der Waals surface area contributed by atoms with Crippen LogP contribution < -0.4 is 20.4 Å². The SMILES string of the molecule is CN1C(=O)[C@@H](NC(=O)c2n[nH]c(Cc3ccccc3)n2)CCc2cccnc21.CN1C(=O)[C@H](NC(=O)c2n[nH]c(Cc3ccccc3)n2)CCc2cccnc21. The highest BCUT2D eigenvalue weighted by molar-refractivity contribution is 6.02. The maximum absolute atomic E-state index is 12.7. The van der Waals surface area contributed by atoms with E-state index in [1.807, 2.05) is 84.9 Å². The standard InChI is InChI=1S/2C20H20N6O2/c2*1-26-18-14(8-5-11-21-18)9-10-15(20(26)28)22-19(27)17-23-16(24-25-17)12-13-6-3-2-4-7-13/h2*2-8,11,15H,9-10,12H2,1H3,(H,22,27)(H,23,24,25)/t2*15-/m10/s1. The number of hydrogen-bond donors (Lipinski definition) is 4. The highest BCUT2D eigenvalue weighted by atomic mass is 16.2. The Morgan fingerprint density at radius 2 is 1.04 bits per heavy atom. The van der Waals surface area contributed by atoms with Crippen LogP contribution in [0.3, 0.4) is 0 Å². The van der Waals surface area contributed by atoms with Gasteiger partial charge in [-0.3, -0.25) is 39.2 Å². The molecule has 2 aliphatic rings. The Morgan fingerprint density at radius 3 is 1.45 bits per heavy atom. The number of aromatic amines is 2. The lowest BCUT2D eigenvalue weighted by Crippen LogP contribution is -2.47. The van der Waals surface area contributed by atoms with Crippen LogP contribution in [0, 0.1) is 0 Å². The number of pyridine rings is 2. The maximum Gasteiger partial charge on any atom is 0.291 e. The average molecular weight is 753 g/mol. The monoisotopic (exact) mass is 752 g/mol. The zero-order valence-corrected chi connectivity index (χ0v) is 30.8. The number of benzene rings is 2. The predicted molar refractivity (Wildman–Crippen MR) is 206 cm³/mol. The van der Waals surface area contributed by atoms with Gasteiger partial charge in [-0.2, -0.15) is 0 Å². The molecule has 4 amide bonds. The lowest BCUT2D eigenvalue weighted by atomic mass is 10.1. The van der Waals surface area contributed by atoms with Crippen molar-refractivity contribution in [2.75, 3.05) is 23.9 Å². The fraction of sp³-hybridized carbons (Fsp3) is 0.250. The number of hydrogen-bond acceptors (Lipinski definition) is 10. The van der Waals surface area contributed by atoms with E-state index >= 15 is 0 Å². The summed E-state index contributed by atoms with van der Waals surface area (Å²) in [7, 11) is 3.34. The number of likely N-dealkylation sites (N-methyl/N-ethyl adjacent to an activating group) is 2. The van der Waals surface area contributed by atoms with E-state index in [1.165, 1.54) is 9.80 Å². The van der Waals surface area contributed by atoms with Crippen molar-refractivity contribution in [2.24, 2.45) is 0 Å². The second-order valence-corrected chi connectivity index (χ2v) is 13.4. The van der Waals surface area contributed by atoms with Gasteiger partial charge in [0.15, 0.2) is 0 Å². The first-order valence-corrected chi connectivity index (χ1v) is 18.2. The molecule has 0 fully saturated rings. The van der Waals surface area contributed by atoms with Gasteiger partial charge in [0, 0.05) is 39.3 Å². The molecule has 0 saturated heterocycles. The number of aryl methyl sites for hydroxylation is 2. The molecule has 2 aromatic carbocycles. The molecule has 284 valence electrons. The van der Waals surface area contributed by atoms with Crippen molar-refractivity contribution in [2.45, 2.75) is 50.6 Å². The van der Waals surface area contributed by atoms with Crippen LogP contribution in [-0.4, -0.2) is 90.1 Å². The summed E-state index contributed by atoms with van der Waals surface area (Å²) in [6.45, 7) is 0. The minimum atomic E-state index is -0.650. The number of rotatable bonds is 8. The van der Waals surface area contributed by atoms with Gasteiger partial charge in [-0.05, 0) is 60.1 Å². The third-order valence-electron chi connectivity index (χ3n) is 9.54. The van der Waals surface area contributed by atoms with E-state index < -0.39 is 23.9 Å². The van der Waals surface area contributed by atoms with Gasteiger partial charge in [0.1, 0.15) is 35.4 Å². The molecule has 6 aromatic rings. The van der Waals surface area contributed by atoms with Crippen LogP contribution in [0.1, 0.15) is 68.0 Å². The first-order valence-electron chi connectivity index (χ1n) is 18.2. The second-order valence-electron chi connectivity index (χ2n) is 13.4. The lowest BCUT2D eigenvalue weighted by molar-refractivity contribution is -0.120. The van der Waals surface area contributed by atoms with Crippen LogP contribution >= 0.6 is 0 Å². The van der Waals surface area contributed by atoms with E-state index in [0.717, 1.165) is 22.3 Å². The average Bonchev–Trinajstić information content (AvgIpc) is 3.86. The number of nitrogens with one attached hydrogen (secondary N) is 4. The molecule has 2 atom stereocenters. The first-order chi connectivity index (χ1) is 27.2. The van der Waals surface area contributed by atoms with E-state index in [4.69, 9.17) is 0 Å². The van der Waals surface area contributed by atoms with Gasteiger partial charge in [0.25, 0.3) is 11.8 Å². The normalized spacial score (nSPS) is 16.4. The fourth-order valence-electron chi connectivity index (χ4n) is 6.62. The first kappa shape index (κ1) is 37.2. The minimum absolute atomic E-state index is 0.0290. The molecule has 56 heavy (non-hydrogen) atoms. The van der Waals surface area contributed by atoms with Gasteiger partial charge in [-0.15, -0.1) is 10.2 Å². The summed E-state index contributed by atoms with van der Waals surface area (Å²) in [6, 6.07) is 25.9. The zero-order valence-electron chi connectivity index (χ0n) is 30.8. The van der Waals surface area contributed by atoms with Crippen molar-refractivity contribution >= 4 is 35.3 Å². The Morgan fingerprint density at radius 1 is 0.625 bits per heavy atom. The summed E-state index contributed by atoms with van der Waals surface area (Å²) in [5.74, 6) is 1.16. The van der Waals surface area contributed by atoms with Gasteiger partial charge < -0.3 is 10.6 Å². The summed E-state index contributed by atoms with van der Waals surface area (Å²) in [5.41, 5.74) is 4.10. The highest BCUT2D eigenvalue weighted by Gasteiger charge is 2.32. The van der Waals surface area contributed by atoms with E-state index in [2.05, 4.69) is 51.0 Å². The molecule has 0 radical (unpaired) electrons. The van der Waals surface area contributed by atoms with Gasteiger partial charge in [-0.1, -0.05) is 72.8 Å². The lowest BCUT2D eigenvalue weighted by Gasteiger charge is -2.20. The van der Waals surface area contributed by atoms with E-state index in [1.54, 1.807) is 26.5 Å². The number of amides is 4. The summed E-state index contributed by atoms with van der Waals surface area (Å²) >= 11 is 0. The molecule has 6 heterocycles. The maximum atomic E-state index is 12.7. The molecule has 0 bridgehead atoms. The second kappa shape index (κ2) is 16.9. The largest absolute Gasteiger partial charge is 0.337 e. The van der Waals surface area contributed by atoms with Crippen molar-refractivity contribution < 1.29 is 19.2 Å². The zero-order chi connectivity index (χ0) is 39.0. The third-order valence-corrected chi connectivity index (χ3v) is 9.54. The number of carbonyl (C=O) groups excluding carboxylic acids is 4. The van der Waals surface area contributed by atoms with Crippen LogP contribution in [0.5, 0.6) is 0 Å². The molecule has 4 aromatic heterocycles. The Kier molecular flexibility index (Phi) is 11.3. The number of carbonyl (C=O) groups is 4. The Labute approximate surface area is 322 Å². The van der Waals surface area contributed by atoms with Crippen LogP contribution in [-0.2, 0) is 35.3 Å². The molecule has 16 nitrogen and oxygen atoms in total. The van der Waals surface area contributed by atoms with E-state index in [-0.39, 0.29) is 23.5 Å². The molecule has 0 aliphatic carbocycles. The topological polar surface area (TPSA) is 208 Å². The van der Waals surface area contributed by atoms with Crippen LogP contribution in [0.2, 0.25) is 0 Å². The molecule has 0 unspecified atom stereocenters.